The van der Waals surface area contributed by atoms with E-state index >= 15 is 0 Å². The number of aliphatic hydroxyl groups is 1. The lowest BCUT2D eigenvalue weighted by atomic mass is 9.92. The number of primary amides is 1. The van der Waals surface area contributed by atoms with Crippen molar-refractivity contribution in [1.29, 1.82) is 0 Å². The van der Waals surface area contributed by atoms with E-state index in [1.54, 1.807) is 0 Å². The number of nitrogens with one attached hydrogen (secondary N) is 1. The van der Waals surface area contributed by atoms with Gasteiger partial charge in [0.05, 0.1) is 18.6 Å². The van der Waals surface area contributed by atoms with Crippen molar-refractivity contribution in [1.82, 2.24) is 10.2 Å². The maximum Gasteiger partial charge on any atom is 0.326 e. The molecule has 0 heterocycles. The first kappa shape index (κ1) is 16.2. The summed E-state index contributed by atoms with van der Waals surface area (Å²) in [5.41, 5.74) is 4.94. The van der Waals surface area contributed by atoms with Crippen LogP contribution in [0.3, 0.4) is 0 Å². The number of carboxylic acids is 1. The minimum Gasteiger partial charge on any atom is -0.480 e. The van der Waals surface area contributed by atoms with Crippen LogP contribution in [-0.4, -0.2) is 58.3 Å². The zero-order valence-corrected chi connectivity index (χ0v) is 11.4. The molecule has 1 aliphatic carbocycles. The van der Waals surface area contributed by atoms with Crippen LogP contribution in [-0.2, 0) is 9.59 Å². The minimum absolute atomic E-state index is 0.341. The molecule has 3 amide bonds. The van der Waals surface area contributed by atoms with Gasteiger partial charge in [-0.3, -0.25) is 4.79 Å². The summed E-state index contributed by atoms with van der Waals surface area (Å²) in [7, 11) is 1.50. The summed E-state index contributed by atoms with van der Waals surface area (Å²) in [5, 5.41) is 21.0. The normalized spacial score (nSPS) is 23.7. The predicted molar refractivity (Wildman–Crippen MR) is 69.8 cm³/mol. The molecule has 1 saturated carbocycles. The smallest absolute Gasteiger partial charge is 0.326 e. The largest absolute Gasteiger partial charge is 0.480 e. The van der Waals surface area contributed by atoms with Crippen LogP contribution in [0.25, 0.3) is 0 Å². The maximum atomic E-state index is 12.0. The predicted octanol–water partition coefficient (Wildman–Crippen LogP) is -0.740. The summed E-state index contributed by atoms with van der Waals surface area (Å²) in [5.74, 6) is -2.13. The lowest BCUT2D eigenvalue weighted by molar-refractivity contribution is -0.141. The van der Waals surface area contributed by atoms with Crippen molar-refractivity contribution in [3.63, 3.8) is 0 Å². The Morgan fingerprint density at radius 2 is 1.95 bits per heavy atom. The van der Waals surface area contributed by atoms with E-state index in [1.807, 2.05) is 0 Å². The second-order valence-corrected chi connectivity index (χ2v) is 5.04. The van der Waals surface area contributed by atoms with Gasteiger partial charge in [0.25, 0.3) is 0 Å². The molecular formula is C12H21N3O5. The third-order valence-electron chi connectivity index (χ3n) is 3.51. The maximum absolute atomic E-state index is 12.0. The summed E-state index contributed by atoms with van der Waals surface area (Å²) in [6, 6.07) is -2.33. The number of rotatable bonds is 5. The number of aliphatic hydroxyl groups excluding tert-OH is 1. The van der Waals surface area contributed by atoms with Crippen LogP contribution in [0.5, 0.6) is 0 Å². The highest BCUT2D eigenvalue weighted by Crippen LogP contribution is 2.22. The molecule has 0 spiro atoms. The molecule has 0 aliphatic heterocycles. The number of amides is 3. The number of hydrogen-bond donors (Lipinski definition) is 4. The molecular weight excluding hydrogens is 266 g/mol. The Morgan fingerprint density at radius 3 is 2.45 bits per heavy atom. The fourth-order valence-electron chi connectivity index (χ4n) is 2.35. The molecule has 8 heteroatoms. The van der Waals surface area contributed by atoms with Gasteiger partial charge in [0.15, 0.2) is 0 Å². The van der Waals surface area contributed by atoms with Crippen LogP contribution in [0, 0.1) is 0 Å². The van der Waals surface area contributed by atoms with Crippen molar-refractivity contribution in [2.45, 2.75) is 50.3 Å². The highest BCUT2D eigenvalue weighted by atomic mass is 16.4. The first-order valence-corrected chi connectivity index (χ1v) is 6.55. The van der Waals surface area contributed by atoms with Gasteiger partial charge >= 0.3 is 12.0 Å². The van der Waals surface area contributed by atoms with E-state index in [-0.39, 0.29) is 6.04 Å². The number of likely N-dealkylation sites (N-methyl/N-ethyl adjacent to an activating group) is 1. The molecule has 20 heavy (non-hydrogen) atoms. The fraction of sp³-hybridized carbons (Fsp3) is 0.750. The summed E-state index contributed by atoms with van der Waals surface area (Å²) >= 11 is 0. The Balaban J connectivity index is 2.63. The average molecular weight is 287 g/mol. The van der Waals surface area contributed by atoms with Crippen LogP contribution in [0.4, 0.5) is 4.79 Å². The molecule has 0 aromatic heterocycles. The van der Waals surface area contributed by atoms with Gasteiger partial charge in [-0.25, -0.2) is 9.59 Å². The SMILES string of the molecule is CN(C(=O)NC(CC(N)=O)C(=O)O)C1CCCCC1O. The Morgan fingerprint density at radius 1 is 1.35 bits per heavy atom. The van der Waals surface area contributed by atoms with Crippen LogP contribution in [0.15, 0.2) is 0 Å². The molecule has 0 saturated heterocycles. The van der Waals surface area contributed by atoms with Crippen molar-refractivity contribution >= 4 is 17.9 Å². The van der Waals surface area contributed by atoms with E-state index in [1.165, 1.54) is 11.9 Å². The molecule has 114 valence electrons. The quantitative estimate of drug-likeness (QED) is 0.528. The molecule has 3 atom stereocenters. The van der Waals surface area contributed by atoms with Crippen molar-refractivity contribution in [3.8, 4) is 0 Å². The van der Waals surface area contributed by atoms with Gasteiger partial charge in [-0.15, -0.1) is 0 Å². The van der Waals surface area contributed by atoms with E-state index in [9.17, 15) is 19.5 Å². The molecule has 1 aliphatic rings. The van der Waals surface area contributed by atoms with Crippen LogP contribution in [0.1, 0.15) is 32.1 Å². The van der Waals surface area contributed by atoms with Crippen molar-refractivity contribution < 1.29 is 24.6 Å². The second-order valence-electron chi connectivity index (χ2n) is 5.04. The molecule has 8 nitrogen and oxygen atoms in total. The second kappa shape index (κ2) is 7.09. The average Bonchev–Trinajstić information content (AvgIpc) is 2.37. The Labute approximate surface area is 116 Å². The van der Waals surface area contributed by atoms with Crippen LogP contribution < -0.4 is 11.1 Å². The third kappa shape index (κ3) is 4.37. The lowest BCUT2D eigenvalue weighted by Gasteiger charge is -2.35. The molecule has 0 bridgehead atoms. The van der Waals surface area contributed by atoms with Gasteiger partial charge in [-0.2, -0.15) is 0 Å². The Hall–Kier alpha value is -1.83. The van der Waals surface area contributed by atoms with E-state index in [2.05, 4.69) is 5.32 Å². The highest BCUT2D eigenvalue weighted by Gasteiger charge is 2.31. The van der Waals surface area contributed by atoms with Crippen molar-refractivity contribution in [2.75, 3.05) is 7.05 Å². The molecule has 1 fully saturated rings. The van der Waals surface area contributed by atoms with Gasteiger partial charge in [-0.05, 0) is 12.8 Å². The minimum atomic E-state index is -1.36. The molecule has 5 N–H and O–H groups in total. The lowest BCUT2D eigenvalue weighted by Crippen LogP contribution is -2.54. The van der Waals surface area contributed by atoms with Crippen LogP contribution in [0.2, 0.25) is 0 Å². The van der Waals surface area contributed by atoms with Gasteiger partial charge in [0.1, 0.15) is 6.04 Å². The Kier molecular flexibility index (Phi) is 5.75. The summed E-state index contributed by atoms with van der Waals surface area (Å²) < 4.78 is 0. The van der Waals surface area contributed by atoms with Crippen LogP contribution >= 0.6 is 0 Å². The van der Waals surface area contributed by atoms with E-state index < -0.39 is 36.5 Å². The number of aliphatic carboxylic acids is 1. The van der Waals surface area contributed by atoms with E-state index in [0.717, 1.165) is 12.8 Å². The highest BCUT2D eigenvalue weighted by molar-refractivity contribution is 5.87. The number of hydrogen-bond acceptors (Lipinski definition) is 4. The summed E-state index contributed by atoms with van der Waals surface area (Å²) in [4.78, 5) is 35.0. The summed E-state index contributed by atoms with van der Waals surface area (Å²) in [6.07, 6.45) is 2.02. The van der Waals surface area contributed by atoms with Crippen molar-refractivity contribution in [3.05, 3.63) is 0 Å². The van der Waals surface area contributed by atoms with Crippen molar-refractivity contribution in [2.24, 2.45) is 5.73 Å². The number of carboxylic acid groups (broad SMARTS) is 1. The molecule has 3 unspecified atom stereocenters. The Bertz CT molecular complexity index is 387. The molecule has 0 aromatic rings. The van der Waals surface area contributed by atoms with Gasteiger partial charge in [0.2, 0.25) is 5.91 Å². The first-order valence-electron chi connectivity index (χ1n) is 6.55. The van der Waals surface area contributed by atoms with Gasteiger partial charge < -0.3 is 26.2 Å². The first-order chi connectivity index (χ1) is 9.32. The number of urea groups is 1. The number of carbonyl (C=O) groups excluding carboxylic acids is 2. The monoisotopic (exact) mass is 287 g/mol. The fourth-order valence-corrected chi connectivity index (χ4v) is 2.35. The van der Waals surface area contributed by atoms with E-state index in [0.29, 0.717) is 12.8 Å². The molecule has 0 aromatic carbocycles. The molecule has 1 rings (SSSR count). The third-order valence-corrected chi connectivity index (χ3v) is 3.51. The zero-order valence-electron chi connectivity index (χ0n) is 11.4. The van der Waals surface area contributed by atoms with E-state index in [4.69, 9.17) is 10.8 Å². The number of nitrogens with two attached hydrogens (primary N) is 1. The standard InChI is InChI=1S/C12H21N3O5/c1-15(8-4-2-3-5-9(8)16)12(20)14-7(11(18)19)6-10(13)17/h7-9,16H,2-6H2,1H3,(H2,13,17)(H,14,20)(H,18,19). The molecule has 0 radical (unpaired) electrons. The topological polar surface area (TPSA) is 133 Å². The van der Waals surface area contributed by atoms with Gasteiger partial charge in [-0.1, -0.05) is 12.8 Å². The number of carbonyl (C=O) groups is 3. The number of nitrogens with zero attached hydrogens (tertiary/aromatic N) is 1. The zero-order chi connectivity index (χ0) is 15.3. The summed E-state index contributed by atoms with van der Waals surface area (Å²) in [6.45, 7) is 0. The van der Waals surface area contributed by atoms with Gasteiger partial charge in [0, 0.05) is 7.05 Å².